The first-order chi connectivity index (χ1) is 13.1. The third kappa shape index (κ3) is 4.44. The van der Waals surface area contributed by atoms with Crippen molar-refractivity contribution >= 4 is 23.6 Å². The van der Waals surface area contributed by atoms with E-state index in [-0.39, 0.29) is 17.1 Å². The number of Topliss-reactive ketones (excluding diaryl/α,β-unsaturated/α-hetero) is 2. The number of aryl methyl sites for hydroxylation is 2. The molecule has 0 aliphatic carbocycles. The predicted molar refractivity (Wildman–Crippen MR) is 105 cm³/mol. The van der Waals surface area contributed by atoms with E-state index in [0.717, 1.165) is 5.56 Å². The molecule has 144 valence electrons. The number of esters is 1. The minimum atomic E-state index is -1.11. The molecule has 28 heavy (non-hydrogen) atoms. The quantitative estimate of drug-likeness (QED) is 0.356. The lowest BCUT2D eigenvalue weighted by molar-refractivity contribution is -0.141. The number of ketones is 2. The number of aromatic nitrogens is 1. The molecule has 2 aromatic rings. The second-order valence-corrected chi connectivity index (χ2v) is 6.67. The molecule has 0 bridgehead atoms. The topological polar surface area (TPSA) is 100 Å². The number of aromatic amines is 1. The molecule has 0 unspecified atom stereocenters. The van der Waals surface area contributed by atoms with Gasteiger partial charge in [-0.25, -0.2) is 4.79 Å². The van der Waals surface area contributed by atoms with E-state index in [4.69, 9.17) is 4.74 Å². The van der Waals surface area contributed by atoms with Gasteiger partial charge >= 0.3 is 5.97 Å². The third-order valence-electron chi connectivity index (χ3n) is 4.42. The summed E-state index contributed by atoms with van der Waals surface area (Å²) in [5, 5.41) is 9.28. The number of rotatable bonds is 6. The summed E-state index contributed by atoms with van der Waals surface area (Å²) in [6, 6.07) is 9.10. The molecule has 2 rings (SSSR count). The number of hydrogen-bond donors (Lipinski definition) is 1. The van der Waals surface area contributed by atoms with E-state index < -0.39 is 17.9 Å². The normalized spacial score (nSPS) is 12.2. The summed E-state index contributed by atoms with van der Waals surface area (Å²) in [5.41, 5.74) is 3.33. The van der Waals surface area contributed by atoms with Crippen molar-refractivity contribution in [2.45, 2.75) is 40.7 Å². The Morgan fingerprint density at radius 3 is 2.25 bits per heavy atom. The van der Waals surface area contributed by atoms with Gasteiger partial charge in [-0.15, -0.1) is 0 Å². The second-order valence-electron chi connectivity index (χ2n) is 6.67. The molecular formula is C22H22N2O4. The van der Waals surface area contributed by atoms with Crippen LogP contribution in [0.3, 0.4) is 0 Å². The highest BCUT2D eigenvalue weighted by Crippen LogP contribution is 2.21. The van der Waals surface area contributed by atoms with Gasteiger partial charge in [0.05, 0.1) is 5.69 Å². The molecule has 0 radical (unpaired) electrons. The van der Waals surface area contributed by atoms with Gasteiger partial charge in [-0.2, -0.15) is 5.26 Å². The van der Waals surface area contributed by atoms with Crippen molar-refractivity contribution in [3.05, 3.63) is 63.5 Å². The predicted octanol–water partition coefficient (Wildman–Crippen LogP) is 3.86. The molecule has 1 heterocycles. The average molecular weight is 378 g/mol. The van der Waals surface area contributed by atoms with Crippen LogP contribution >= 0.6 is 0 Å². The number of carbonyl (C=O) groups excluding carboxylic acids is 3. The van der Waals surface area contributed by atoms with Gasteiger partial charge in [0.2, 0.25) is 5.78 Å². The lowest BCUT2D eigenvalue weighted by atomic mass is 10.0. The molecule has 0 aliphatic rings. The zero-order chi connectivity index (χ0) is 21.0. The molecule has 6 heteroatoms. The van der Waals surface area contributed by atoms with Crippen molar-refractivity contribution in [1.29, 1.82) is 5.26 Å². The van der Waals surface area contributed by atoms with Crippen LogP contribution in [0.25, 0.3) is 6.08 Å². The first-order valence-electron chi connectivity index (χ1n) is 8.79. The molecule has 0 spiro atoms. The van der Waals surface area contributed by atoms with Crippen molar-refractivity contribution in [2.75, 3.05) is 0 Å². The van der Waals surface area contributed by atoms with Crippen molar-refractivity contribution in [3.63, 3.8) is 0 Å². The van der Waals surface area contributed by atoms with Gasteiger partial charge in [-0.3, -0.25) is 9.59 Å². The number of ether oxygens (including phenoxy) is 1. The molecular weight excluding hydrogens is 356 g/mol. The van der Waals surface area contributed by atoms with Crippen LogP contribution in [0.1, 0.15) is 57.1 Å². The van der Waals surface area contributed by atoms with Gasteiger partial charge in [0, 0.05) is 11.3 Å². The highest BCUT2D eigenvalue weighted by molar-refractivity contribution is 6.06. The van der Waals surface area contributed by atoms with E-state index in [1.54, 1.807) is 26.0 Å². The van der Waals surface area contributed by atoms with E-state index in [1.165, 1.54) is 19.9 Å². The molecule has 0 saturated heterocycles. The Morgan fingerprint density at radius 1 is 1.14 bits per heavy atom. The Morgan fingerprint density at radius 2 is 1.75 bits per heavy atom. The zero-order valence-electron chi connectivity index (χ0n) is 16.5. The minimum Gasteiger partial charge on any atom is -0.450 e. The highest BCUT2D eigenvalue weighted by Gasteiger charge is 2.26. The number of carbonyl (C=O) groups is 3. The van der Waals surface area contributed by atoms with Crippen molar-refractivity contribution in [2.24, 2.45) is 0 Å². The average Bonchev–Trinajstić information content (AvgIpc) is 2.94. The maximum Gasteiger partial charge on any atom is 0.349 e. The van der Waals surface area contributed by atoms with Crippen LogP contribution in [0.15, 0.2) is 29.8 Å². The Bertz CT molecular complexity index is 1000. The van der Waals surface area contributed by atoms with Crippen LogP contribution in [-0.4, -0.2) is 28.6 Å². The largest absolute Gasteiger partial charge is 0.450 e. The maximum absolute atomic E-state index is 12.7. The Labute approximate surface area is 163 Å². The van der Waals surface area contributed by atoms with Crippen LogP contribution in [-0.2, 0) is 9.53 Å². The Hall–Kier alpha value is -3.46. The fourth-order valence-corrected chi connectivity index (χ4v) is 2.97. The Balaban J connectivity index is 2.20. The van der Waals surface area contributed by atoms with Gasteiger partial charge in [-0.1, -0.05) is 29.8 Å². The van der Waals surface area contributed by atoms with E-state index in [1.807, 2.05) is 25.1 Å². The van der Waals surface area contributed by atoms with E-state index >= 15 is 0 Å². The van der Waals surface area contributed by atoms with Gasteiger partial charge in [0.1, 0.15) is 11.6 Å². The molecule has 0 fully saturated rings. The van der Waals surface area contributed by atoms with Crippen molar-refractivity contribution in [1.82, 2.24) is 4.98 Å². The van der Waals surface area contributed by atoms with Crippen LogP contribution in [0.5, 0.6) is 0 Å². The van der Waals surface area contributed by atoms with E-state index in [0.29, 0.717) is 22.4 Å². The summed E-state index contributed by atoms with van der Waals surface area (Å²) in [5.74, 6) is -1.49. The fraction of sp³-hybridized carbons (Fsp3) is 0.273. The number of nitrogens with one attached hydrogen (secondary N) is 1. The fourth-order valence-electron chi connectivity index (χ4n) is 2.97. The van der Waals surface area contributed by atoms with Crippen LogP contribution in [0.2, 0.25) is 0 Å². The summed E-state index contributed by atoms with van der Waals surface area (Å²) >= 11 is 0. The molecule has 6 nitrogen and oxygen atoms in total. The van der Waals surface area contributed by atoms with Gasteiger partial charge in [0.15, 0.2) is 11.9 Å². The molecule has 1 atom stereocenters. The van der Waals surface area contributed by atoms with E-state index in [2.05, 4.69) is 4.98 Å². The lowest BCUT2D eigenvalue weighted by Gasteiger charge is -2.12. The highest BCUT2D eigenvalue weighted by atomic mass is 16.5. The molecule has 0 amide bonds. The SMILES string of the molecule is CC(=O)c1c(C)[nH]c(C(=O)[C@@H](C)OC(=O)/C(C#N)=C/c2ccc(C)cc2)c1C. The summed E-state index contributed by atoms with van der Waals surface area (Å²) in [6.07, 6.45) is 0.301. The Kier molecular flexibility index (Phi) is 6.32. The number of benzene rings is 1. The van der Waals surface area contributed by atoms with Crippen LogP contribution in [0, 0.1) is 32.1 Å². The van der Waals surface area contributed by atoms with Gasteiger partial charge < -0.3 is 9.72 Å². The number of H-pyrrole nitrogens is 1. The standard InChI is InChI=1S/C22H22N2O4/c1-12-6-8-17(9-7-12)10-18(11-23)22(27)28-16(5)21(26)20-13(2)19(15(4)25)14(3)24-20/h6-10,16,24H,1-5H3/b18-10+/t16-/m1/s1. The summed E-state index contributed by atoms with van der Waals surface area (Å²) in [7, 11) is 0. The van der Waals surface area contributed by atoms with Gasteiger partial charge in [0.25, 0.3) is 0 Å². The molecule has 1 N–H and O–H groups in total. The first-order valence-corrected chi connectivity index (χ1v) is 8.79. The second kappa shape index (κ2) is 8.49. The van der Waals surface area contributed by atoms with Crippen molar-refractivity contribution < 1.29 is 19.1 Å². The zero-order valence-corrected chi connectivity index (χ0v) is 16.5. The van der Waals surface area contributed by atoms with Crippen LogP contribution in [0.4, 0.5) is 0 Å². The van der Waals surface area contributed by atoms with E-state index in [9.17, 15) is 19.6 Å². The third-order valence-corrected chi connectivity index (χ3v) is 4.42. The number of nitriles is 1. The molecule has 0 saturated carbocycles. The maximum atomic E-state index is 12.7. The monoisotopic (exact) mass is 378 g/mol. The molecule has 1 aromatic heterocycles. The molecule has 1 aromatic carbocycles. The number of nitrogens with zero attached hydrogens (tertiary/aromatic N) is 1. The summed E-state index contributed by atoms with van der Waals surface area (Å²) in [6.45, 7) is 8.16. The van der Waals surface area contributed by atoms with Crippen LogP contribution < -0.4 is 0 Å². The minimum absolute atomic E-state index is 0.150. The number of hydrogen-bond acceptors (Lipinski definition) is 5. The lowest BCUT2D eigenvalue weighted by Crippen LogP contribution is -2.26. The first kappa shape index (κ1) is 20.8. The molecule has 0 aliphatic heterocycles. The van der Waals surface area contributed by atoms with Crippen molar-refractivity contribution in [3.8, 4) is 6.07 Å². The van der Waals surface area contributed by atoms with Gasteiger partial charge in [-0.05, 0) is 51.8 Å². The summed E-state index contributed by atoms with van der Waals surface area (Å²) in [4.78, 5) is 39.6. The summed E-state index contributed by atoms with van der Waals surface area (Å²) < 4.78 is 5.20. The smallest absolute Gasteiger partial charge is 0.349 e.